The maximum absolute atomic E-state index is 9.87. The predicted octanol–water partition coefficient (Wildman–Crippen LogP) is 3.26. The zero-order valence-corrected chi connectivity index (χ0v) is 14.7. The Balaban J connectivity index is 1.36. The Morgan fingerprint density at radius 3 is 2.73 bits per heavy atom. The molecule has 1 unspecified atom stereocenters. The summed E-state index contributed by atoms with van der Waals surface area (Å²) in [5, 5.41) is 13.9. The van der Waals surface area contributed by atoms with Crippen LogP contribution in [0, 0.1) is 0 Å². The first kappa shape index (κ1) is 16.9. The minimum atomic E-state index is 0.0857. The summed E-state index contributed by atoms with van der Waals surface area (Å²) in [5.41, 5.74) is 3.58. The number of benzene rings is 2. The molecular formula is C21H23N3O2. The van der Waals surface area contributed by atoms with E-state index in [2.05, 4.69) is 39.3 Å². The topological polar surface area (TPSA) is 62.4 Å². The number of nitrogens with zero attached hydrogens (tertiary/aromatic N) is 3. The van der Waals surface area contributed by atoms with Gasteiger partial charge in [0.25, 0.3) is 0 Å². The van der Waals surface area contributed by atoms with Crippen molar-refractivity contribution in [2.45, 2.75) is 25.3 Å². The minimum Gasteiger partial charge on any atom is -0.394 e. The van der Waals surface area contributed by atoms with Gasteiger partial charge in [0.05, 0.1) is 12.6 Å². The molecule has 5 heteroatoms. The third kappa shape index (κ3) is 3.54. The average molecular weight is 349 g/mol. The van der Waals surface area contributed by atoms with Crippen LogP contribution in [0.5, 0.6) is 0 Å². The predicted molar refractivity (Wildman–Crippen MR) is 99.6 cm³/mol. The van der Waals surface area contributed by atoms with Gasteiger partial charge in [-0.15, -0.1) is 0 Å². The van der Waals surface area contributed by atoms with Crippen LogP contribution in [0.1, 0.15) is 29.5 Å². The number of rotatable bonds is 6. The van der Waals surface area contributed by atoms with E-state index in [0.29, 0.717) is 11.7 Å². The number of aliphatic hydroxyl groups excluding tert-OH is 1. The first-order chi connectivity index (χ1) is 12.8. The highest BCUT2D eigenvalue weighted by atomic mass is 16.5. The average Bonchev–Trinajstić information content (AvgIpc) is 3.17. The third-order valence-corrected chi connectivity index (χ3v) is 5.03. The van der Waals surface area contributed by atoms with E-state index < -0.39 is 0 Å². The second-order valence-electron chi connectivity index (χ2n) is 6.66. The molecular weight excluding hydrogens is 326 g/mol. The van der Waals surface area contributed by atoms with Gasteiger partial charge in [-0.2, -0.15) is 4.98 Å². The minimum absolute atomic E-state index is 0.0857. The molecule has 2 heterocycles. The summed E-state index contributed by atoms with van der Waals surface area (Å²) in [4.78, 5) is 6.85. The van der Waals surface area contributed by atoms with Gasteiger partial charge in [0.2, 0.25) is 11.7 Å². The summed E-state index contributed by atoms with van der Waals surface area (Å²) in [7, 11) is 0. The number of aryl methyl sites for hydroxylation is 1. The number of hydrogen-bond acceptors (Lipinski definition) is 5. The lowest BCUT2D eigenvalue weighted by Gasteiger charge is -2.36. The van der Waals surface area contributed by atoms with Crippen LogP contribution in [0.4, 0.5) is 0 Å². The van der Waals surface area contributed by atoms with Crippen molar-refractivity contribution in [1.29, 1.82) is 0 Å². The SMILES string of the molecule is OCC1c2ccccc2CCN1CCCc1nc(-c2ccccc2)no1. The third-order valence-electron chi connectivity index (χ3n) is 5.03. The molecule has 0 saturated heterocycles. The number of hydrogen-bond donors (Lipinski definition) is 1. The summed E-state index contributed by atoms with van der Waals surface area (Å²) in [5.74, 6) is 1.31. The molecule has 4 rings (SSSR count). The monoisotopic (exact) mass is 349 g/mol. The highest BCUT2D eigenvalue weighted by molar-refractivity contribution is 5.53. The molecule has 5 nitrogen and oxygen atoms in total. The summed E-state index contributed by atoms with van der Waals surface area (Å²) in [6.07, 6.45) is 2.70. The summed E-state index contributed by atoms with van der Waals surface area (Å²) < 4.78 is 5.39. The zero-order valence-electron chi connectivity index (χ0n) is 14.7. The fourth-order valence-corrected chi connectivity index (χ4v) is 3.68. The molecule has 0 aliphatic carbocycles. The van der Waals surface area contributed by atoms with Crippen molar-refractivity contribution in [3.05, 3.63) is 71.6 Å². The van der Waals surface area contributed by atoms with E-state index in [0.717, 1.165) is 37.9 Å². The van der Waals surface area contributed by atoms with Gasteiger partial charge in [0, 0.05) is 18.5 Å². The van der Waals surface area contributed by atoms with E-state index in [9.17, 15) is 5.11 Å². The van der Waals surface area contributed by atoms with Gasteiger partial charge in [-0.1, -0.05) is 59.8 Å². The highest BCUT2D eigenvalue weighted by Crippen LogP contribution is 2.29. The fourth-order valence-electron chi connectivity index (χ4n) is 3.68. The van der Waals surface area contributed by atoms with Gasteiger partial charge in [-0.3, -0.25) is 4.90 Å². The summed E-state index contributed by atoms with van der Waals surface area (Å²) >= 11 is 0. The van der Waals surface area contributed by atoms with Crippen LogP contribution in [0.15, 0.2) is 59.1 Å². The maximum atomic E-state index is 9.87. The molecule has 0 spiro atoms. The summed E-state index contributed by atoms with van der Waals surface area (Å²) in [6, 6.07) is 18.4. The van der Waals surface area contributed by atoms with Crippen LogP contribution in [-0.2, 0) is 12.8 Å². The van der Waals surface area contributed by atoms with Gasteiger partial charge < -0.3 is 9.63 Å². The second-order valence-corrected chi connectivity index (χ2v) is 6.66. The fraction of sp³-hybridized carbons (Fsp3) is 0.333. The maximum Gasteiger partial charge on any atom is 0.227 e. The second kappa shape index (κ2) is 7.81. The van der Waals surface area contributed by atoms with Crippen molar-refractivity contribution in [1.82, 2.24) is 15.0 Å². The Bertz CT molecular complexity index is 847. The van der Waals surface area contributed by atoms with E-state index in [1.54, 1.807) is 0 Å². The standard InChI is InChI=1S/C21H23N3O2/c25-15-19-18-10-5-4-7-16(18)12-14-24(19)13-6-11-20-22-21(23-26-20)17-8-2-1-3-9-17/h1-5,7-10,19,25H,6,11-15H2. The molecule has 26 heavy (non-hydrogen) atoms. The van der Waals surface area contributed by atoms with Crippen LogP contribution in [0.3, 0.4) is 0 Å². The van der Waals surface area contributed by atoms with Crippen LogP contribution >= 0.6 is 0 Å². The van der Waals surface area contributed by atoms with Gasteiger partial charge in [-0.05, 0) is 30.5 Å². The van der Waals surface area contributed by atoms with Gasteiger partial charge in [0.1, 0.15) is 0 Å². The highest BCUT2D eigenvalue weighted by Gasteiger charge is 2.26. The van der Waals surface area contributed by atoms with Gasteiger partial charge in [0.15, 0.2) is 0 Å². The van der Waals surface area contributed by atoms with E-state index in [1.165, 1.54) is 11.1 Å². The lowest BCUT2D eigenvalue weighted by molar-refractivity contribution is 0.112. The molecule has 0 saturated carbocycles. The van der Waals surface area contributed by atoms with E-state index in [1.807, 2.05) is 30.3 Å². The molecule has 2 aromatic carbocycles. The molecule has 1 atom stereocenters. The smallest absolute Gasteiger partial charge is 0.227 e. The van der Waals surface area contributed by atoms with E-state index in [-0.39, 0.29) is 12.6 Å². The lowest BCUT2D eigenvalue weighted by atomic mass is 9.93. The molecule has 0 bridgehead atoms. The quantitative estimate of drug-likeness (QED) is 0.740. The Morgan fingerprint density at radius 1 is 1.08 bits per heavy atom. The molecule has 3 aromatic rings. The van der Waals surface area contributed by atoms with Crippen LogP contribution in [0.2, 0.25) is 0 Å². The zero-order chi connectivity index (χ0) is 17.8. The van der Waals surface area contributed by atoms with Crippen molar-refractivity contribution in [2.75, 3.05) is 19.7 Å². The molecule has 1 aliphatic heterocycles. The Labute approximate surface area is 153 Å². The van der Waals surface area contributed by atoms with Crippen LogP contribution < -0.4 is 0 Å². The molecule has 0 radical (unpaired) electrons. The Hall–Kier alpha value is -2.50. The van der Waals surface area contributed by atoms with Gasteiger partial charge >= 0.3 is 0 Å². The van der Waals surface area contributed by atoms with Crippen LogP contribution in [-0.4, -0.2) is 39.8 Å². The largest absolute Gasteiger partial charge is 0.394 e. The normalized spacial score (nSPS) is 17.2. The number of fused-ring (bicyclic) bond motifs is 1. The molecule has 0 amide bonds. The lowest BCUT2D eigenvalue weighted by Crippen LogP contribution is -2.38. The van der Waals surface area contributed by atoms with Crippen molar-refractivity contribution in [2.24, 2.45) is 0 Å². The molecule has 1 N–H and O–H groups in total. The van der Waals surface area contributed by atoms with Crippen LogP contribution in [0.25, 0.3) is 11.4 Å². The van der Waals surface area contributed by atoms with E-state index in [4.69, 9.17) is 4.52 Å². The Morgan fingerprint density at radius 2 is 1.88 bits per heavy atom. The van der Waals surface area contributed by atoms with Crippen molar-refractivity contribution in [3.8, 4) is 11.4 Å². The Kier molecular flexibility index (Phi) is 5.09. The molecule has 0 fully saturated rings. The molecule has 134 valence electrons. The van der Waals surface area contributed by atoms with Crippen molar-refractivity contribution >= 4 is 0 Å². The summed E-state index contributed by atoms with van der Waals surface area (Å²) in [6.45, 7) is 2.03. The van der Waals surface area contributed by atoms with Gasteiger partial charge in [-0.25, -0.2) is 0 Å². The first-order valence-electron chi connectivity index (χ1n) is 9.16. The van der Waals surface area contributed by atoms with Crippen molar-refractivity contribution in [3.63, 3.8) is 0 Å². The first-order valence-corrected chi connectivity index (χ1v) is 9.16. The molecule has 1 aromatic heterocycles. The molecule has 1 aliphatic rings. The number of aliphatic hydroxyl groups is 1. The van der Waals surface area contributed by atoms with Crippen molar-refractivity contribution < 1.29 is 9.63 Å². The van der Waals surface area contributed by atoms with E-state index >= 15 is 0 Å². The number of aromatic nitrogens is 2.